The summed E-state index contributed by atoms with van der Waals surface area (Å²) < 4.78 is 0. The van der Waals surface area contributed by atoms with Crippen LogP contribution in [0.5, 0.6) is 0 Å². The molecule has 3 rings (SSSR count). The van der Waals surface area contributed by atoms with Crippen LogP contribution in [-0.2, 0) is 4.79 Å². The molecule has 122 valence electrons. The minimum Gasteiger partial charge on any atom is -0.342 e. The number of carbonyl (C=O) groups excluding carboxylic acids is 3. The zero-order chi connectivity index (χ0) is 16.2. The quantitative estimate of drug-likeness (QED) is 0.777. The zero-order valence-corrected chi connectivity index (χ0v) is 13.1. The molecule has 2 fully saturated rings. The molecule has 0 bridgehead atoms. The molecule has 0 aliphatic carbocycles. The van der Waals surface area contributed by atoms with Crippen molar-refractivity contribution >= 4 is 18.2 Å². The van der Waals surface area contributed by atoms with Crippen molar-refractivity contribution in [1.29, 1.82) is 0 Å². The number of carbonyl (C=O) groups is 3. The van der Waals surface area contributed by atoms with E-state index in [0.29, 0.717) is 37.3 Å². The lowest BCUT2D eigenvalue weighted by molar-refractivity contribution is -0.119. The Bertz CT molecular complexity index is 586. The van der Waals surface area contributed by atoms with Crippen LogP contribution in [0.15, 0.2) is 24.3 Å². The van der Waals surface area contributed by atoms with Gasteiger partial charge < -0.3 is 14.7 Å². The predicted molar refractivity (Wildman–Crippen MR) is 85.1 cm³/mol. The van der Waals surface area contributed by atoms with Gasteiger partial charge in [0.15, 0.2) is 0 Å². The SMILES string of the molecule is O=CN1CCN(C(=O)c2ccc(C(=O)N3CCCC3)cc2)CC1. The first kappa shape index (κ1) is 15.5. The van der Waals surface area contributed by atoms with Gasteiger partial charge in [0.1, 0.15) is 0 Å². The average molecular weight is 315 g/mol. The highest BCUT2D eigenvalue weighted by atomic mass is 16.2. The van der Waals surface area contributed by atoms with Gasteiger partial charge >= 0.3 is 0 Å². The van der Waals surface area contributed by atoms with Gasteiger partial charge in [-0.05, 0) is 37.1 Å². The maximum absolute atomic E-state index is 12.5. The number of piperazine rings is 1. The molecule has 0 atom stereocenters. The topological polar surface area (TPSA) is 60.9 Å². The highest BCUT2D eigenvalue weighted by Crippen LogP contribution is 2.15. The van der Waals surface area contributed by atoms with Crippen LogP contribution in [0.4, 0.5) is 0 Å². The van der Waals surface area contributed by atoms with Crippen LogP contribution in [-0.4, -0.2) is 72.2 Å². The van der Waals surface area contributed by atoms with Crippen LogP contribution >= 0.6 is 0 Å². The van der Waals surface area contributed by atoms with E-state index in [4.69, 9.17) is 0 Å². The molecular formula is C17H21N3O3. The minimum absolute atomic E-state index is 0.0427. The molecule has 0 saturated carbocycles. The summed E-state index contributed by atoms with van der Waals surface area (Å²) in [6.07, 6.45) is 2.95. The molecule has 1 aromatic rings. The first-order valence-corrected chi connectivity index (χ1v) is 8.07. The van der Waals surface area contributed by atoms with Crippen LogP contribution in [0.1, 0.15) is 33.6 Å². The largest absolute Gasteiger partial charge is 0.342 e. The second-order valence-corrected chi connectivity index (χ2v) is 6.01. The van der Waals surface area contributed by atoms with Crippen molar-refractivity contribution in [3.05, 3.63) is 35.4 Å². The normalized spacial score (nSPS) is 18.2. The minimum atomic E-state index is -0.0456. The Balaban J connectivity index is 1.63. The van der Waals surface area contributed by atoms with Gasteiger partial charge in [-0.25, -0.2) is 0 Å². The van der Waals surface area contributed by atoms with Crippen LogP contribution < -0.4 is 0 Å². The van der Waals surface area contributed by atoms with Crippen LogP contribution in [0.2, 0.25) is 0 Å². The molecule has 0 radical (unpaired) electrons. The van der Waals surface area contributed by atoms with Crippen molar-refractivity contribution in [3.8, 4) is 0 Å². The van der Waals surface area contributed by atoms with E-state index in [1.165, 1.54) is 0 Å². The van der Waals surface area contributed by atoms with Crippen molar-refractivity contribution in [1.82, 2.24) is 14.7 Å². The number of likely N-dealkylation sites (tertiary alicyclic amines) is 1. The fourth-order valence-electron chi connectivity index (χ4n) is 3.07. The van der Waals surface area contributed by atoms with Gasteiger partial charge in [-0.1, -0.05) is 0 Å². The van der Waals surface area contributed by atoms with Crippen molar-refractivity contribution < 1.29 is 14.4 Å². The Morgan fingerprint density at radius 2 is 1.17 bits per heavy atom. The Kier molecular flexibility index (Phi) is 4.60. The Morgan fingerprint density at radius 1 is 0.739 bits per heavy atom. The van der Waals surface area contributed by atoms with E-state index in [1.54, 1.807) is 34.1 Å². The van der Waals surface area contributed by atoms with E-state index in [9.17, 15) is 14.4 Å². The van der Waals surface area contributed by atoms with E-state index in [0.717, 1.165) is 32.3 Å². The Labute approximate surface area is 135 Å². The molecule has 3 amide bonds. The van der Waals surface area contributed by atoms with E-state index < -0.39 is 0 Å². The number of nitrogens with zero attached hydrogens (tertiary/aromatic N) is 3. The predicted octanol–water partition coefficient (Wildman–Crippen LogP) is 0.837. The van der Waals surface area contributed by atoms with Gasteiger partial charge in [0.05, 0.1) is 0 Å². The molecular weight excluding hydrogens is 294 g/mol. The monoisotopic (exact) mass is 315 g/mol. The number of rotatable bonds is 3. The standard InChI is InChI=1S/C17H21N3O3/c21-13-18-9-11-20(12-10-18)17(23)15-5-3-14(4-6-15)16(22)19-7-1-2-8-19/h3-6,13H,1-2,7-12H2. The molecule has 6 heteroatoms. The number of amides is 3. The molecule has 1 aromatic carbocycles. The maximum atomic E-state index is 12.5. The molecule has 0 aromatic heterocycles. The van der Waals surface area contributed by atoms with E-state index in [-0.39, 0.29) is 11.8 Å². The van der Waals surface area contributed by atoms with Crippen molar-refractivity contribution in [2.45, 2.75) is 12.8 Å². The Morgan fingerprint density at radius 3 is 1.61 bits per heavy atom. The maximum Gasteiger partial charge on any atom is 0.253 e. The molecule has 2 heterocycles. The Hall–Kier alpha value is -2.37. The van der Waals surface area contributed by atoms with Crippen molar-refractivity contribution in [3.63, 3.8) is 0 Å². The summed E-state index contributed by atoms with van der Waals surface area (Å²) in [4.78, 5) is 40.7. The summed E-state index contributed by atoms with van der Waals surface area (Å²) >= 11 is 0. The summed E-state index contributed by atoms with van der Waals surface area (Å²) in [5.41, 5.74) is 1.22. The van der Waals surface area contributed by atoms with Crippen LogP contribution in [0.25, 0.3) is 0 Å². The number of hydrogen-bond donors (Lipinski definition) is 0. The molecule has 2 aliphatic rings. The second-order valence-electron chi connectivity index (χ2n) is 6.01. The van der Waals surface area contributed by atoms with Gasteiger partial charge in [0.25, 0.3) is 11.8 Å². The fourth-order valence-corrected chi connectivity index (χ4v) is 3.07. The summed E-state index contributed by atoms with van der Waals surface area (Å²) in [6, 6.07) is 6.90. The smallest absolute Gasteiger partial charge is 0.253 e. The molecule has 0 N–H and O–H groups in total. The zero-order valence-electron chi connectivity index (χ0n) is 13.1. The molecule has 2 saturated heterocycles. The molecule has 2 aliphatic heterocycles. The highest BCUT2D eigenvalue weighted by molar-refractivity contribution is 5.98. The first-order valence-electron chi connectivity index (χ1n) is 8.07. The first-order chi connectivity index (χ1) is 11.2. The van der Waals surface area contributed by atoms with Gasteiger partial charge in [-0.2, -0.15) is 0 Å². The molecule has 0 unspecified atom stereocenters. The number of benzene rings is 1. The highest BCUT2D eigenvalue weighted by Gasteiger charge is 2.23. The number of hydrogen-bond acceptors (Lipinski definition) is 3. The average Bonchev–Trinajstić information content (AvgIpc) is 3.15. The second kappa shape index (κ2) is 6.81. The van der Waals surface area contributed by atoms with Crippen molar-refractivity contribution in [2.24, 2.45) is 0 Å². The third-order valence-corrected chi connectivity index (χ3v) is 4.52. The lowest BCUT2D eigenvalue weighted by Gasteiger charge is -2.32. The third-order valence-electron chi connectivity index (χ3n) is 4.52. The molecule has 23 heavy (non-hydrogen) atoms. The summed E-state index contributed by atoms with van der Waals surface area (Å²) in [5, 5.41) is 0. The van der Waals surface area contributed by atoms with Gasteiger partial charge in [0.2, 0.25) is 6.41 Å². The third kappa shape index (κ3) is 3.36. The molecule has 0 spiro atoms. The van der Waals surface area contributed by atoms with Gasteiger partial charge in [-0.3, -0.25) is 14.4 Å². The molecule has 6 nitrogen and oxygen atoms in total. The van der Waals surface area contributed by atoms with E-state index >= 15 is 0 Å². The lowest BCUT2D eigenvalue weighted by Crippen LogP contribution is -2.48. The van der Waals surface area contributed by atoms with Gasteiger partial charge in [-0.15, -0.1) is 0 Å². The van der Waals surface area contributed by atoms with Crippen molar-refractivity contribution in [2.75, 3.05) is 39.3 Å². The summed E-state index contributed by atoms with van der Waals surface area (Å²) in [6.45, 7) is 3.88. The van der Waals surface area contributed by atoms with Crippen LogP contribution in [0, 0.1) is 0 Å². The van der Waals surface area contributed by atoms with Gasteiger partial charge in [0, 0.05) is 50.4 Å². The van der Waals surface area contributed by atoms with E-state index in [1.807, 2.05) is 4.90 Å². The summed E-state index contributed by atoms with van der Waals surface area (Å²) in [7, 11) is 0. The van der Waals surface area contributed by atoms with Crippen LogP contribution in [0.3, 0.4) is 0 Å². The van der Waals surface area contributed by atoms with E-state index in [2.05, 4.69) is 0 Å². The lowest BCUT2D eigenvalue weighted by atomic mass is 10.1. The fraction of sp³-hybridized carbons (Fsp3) is 0.471. The summed E-state index contributed by atoms with van der Waals surface area (Å²) in [5.74, 6) is -0.00295.